The molecule has 3 aromatic rings. The van der Waals surface area contributed by atoms with E-state index >= 15 is 0 Å². The van der Waals surface area contributed by atoms with Gasteiger partial charge in [-0.1, -0.05) is 36.4 Å². The number of rotatable bonds is 7. The van der Waals surface area contributed by atoms with E-state index in [-0.39, 0.29) is 10.5 Å². The Hall–Kier alpha value is -1.91. The van der Waals surface area contributed by atoms with Gasteiger partial charge < -0.3 is 9.47 Å². The van der Waals surface area contributed by atoms with Crippen molar-refractivity contribution in [3.8, 4) is 0 Å². The lowest BCUT2D eigenvalue weighted by atomic mass is 9.79. The Kier molecular flexibility index (Phi) is 6.76. The summed E-state index contributed by atoms with van der Waals surface area (Å²) in [5.74, 6) is 0.549. The van der Waals surface area contributed by atoms with Crippen LogP contribution in [0.1, 0.15) is 37.7 Å². The van der Waals surface area contributed by atoms with E-state index in [0.717, 1.165) is 57.0 Å². The van der Waals surface area contributed by atoms with Crippen molar-refractivity contribution in [3.63, 3.8) is 0 Å². The van der Waals surface area contributed by atoms with Crippen LogP contribution in [-0.2, 0) is 26.1 Å². The van der Waals surface area contributed by atoms with Crippen LogP contribution in [0.15, 0.2) is 53.4 Å². The van der Waals surface area contributed by atoms with E-state index in [1.165, 1.54) is 5.56 Å². The van der Waals surface area contributed by atoms with Crippen LogP contribution in [0, 0.1) is 5.92 Å². The molecule has 0 bridgehead atoms. The summed E-state index contributed by atoms with van der Waals surface area (Å²) in [4.78, 5) is 0.253. The number of ether oxygens (including phenoxy) is 2. The molecule has 1 unspecified atom stereocenters. The predicted molar refractivity (Wildman–Crippen MR) is 128 cm³/mol. The fourth-order valence-electron chi connectivity index (χ4n) is 5.00. The number of benzene rings is 2. The Bertz CT molecular complexity index is 1170. The van der Waals surface area contributed by atoms with Crippen molar-refractivity contribution < 1.29 is 17.9 Å². The molecule has 2 aromatic carbocycles. The average Bonchev–Trinajstić information content (AvgIpc) is 3.32. The Morgan fingerprint density at radius 1 is 1.09 bits per heavy atom. The lowest BCUT2D eigenvalue weighted by molar-refractivity contribution is -0.123. The summed E-state index contributed by atoms with van der Waals surface area (Å²) in [6.45, 7) is 3.05. The van der Waals surface area contributed by atoms with E-state index in [1.54, 1.807) is 22.5 Å². The smallest absolute Gasteiger partial charge is 0.245 e. The second-order valence-electron chi connectivity index (χ2n) is 9.01. The van der Waals surface area contributed by atoms with Crippen molar-refractivity contribution in [1.29, 1.82) is 0 Å². The van der Waals surface area contributed by atoms with E-state index < -0.39 is 10.0 Å². The van der Waals surface area contributed by atoms with Gasteiger partial charge in [0.2, 0.25) is 10.0 Å². The maximum absolute atomic E-state index is 13.3. The molecule has 2 fully saturated rings. The third-order valence-corrected chi connectivity index (χ3v) is 9.35. The highest BCUT2D eigenvalue weighted by atomic mass is 32.2. The van der Waals surface area contributed by atoms with Crippen LogP contribution in [0.4, 0.5) is 0 Å². The molecule has 3 heterocycles. The van der Waals surface area contributed by atoms with Gasteiger partial charge >= 0.3 is 0 Å². The normalized spacial score (nSPS) is 21.5. The molecule has 0 N–H and O–H groups in total. The quantitative estimate of drug-likeness (QED) is 0.464. The van der Waals surface area contributed by atoms with Gasteiger partial charge in [0.25, 0.3) is 0 Å². The highest BCUT2D eigenvalue weighted by Gasteiger charge is 2.43. The number of hydrogen-bond donors (Lipinski definition) is 0. The van der Waals surface area contributed by atoms with Crippen LogP contribution in [0.3, 0.4) is 0 Å². The van der Waals surface area contributed by atoms with Crippen molar-refractivity contribution >= 4 is 32.8 Å². The minimum atomic E-state index is -3.61. The summed E-state index contributed by atoms with van der Waals surface area (Å²) in [5.41, 5.74) is 2.07. The molecule has 0 amide bonds. The lowest BCUT2D eigenvalue weighted by Crippen LogP contribution is -2.50. The molecule has 0 aliphatic carbocycles. The zero-order valence-electron chi connectivity index (χ0n) is 18.6. The number of piperidine rings is 1. The third-order valence-electron chi connectivity index (χ3n) is 6.88. The summed E-state index contributed by atoms with van der Waals surface area (Å²) in [6.07, 6.45) is 4.47. The number of hydrogen-bond acceptors (Lipinski definition) is 7. The molecule has 2 saturated heterocycles. The Morgan fingerprint density at radius 2 is 1.91 bits per heavy atom. The fourth-order valence-corrected chi connectivity index (χ4v) is 7.19. The molecular weight excluding hydrogens is 458 g/mol. The van der Waals surface area contributed by atoms with Crippen molar-refractivity contribution in [2.75, 3.05) is 26.3 Å². The first-order valence-corrected chi connectivity index (χ1v) is 13.7. The summed E-state index contributed by atoms with van der Waals surface area (Å²) >= 11 is 1.04. The molecule has 9 heteroatoms. The molecule has 1 aromatic heterocycles. The Labute approximate surface area is 199 Å². The number of nitrogens with zero attached hydrogens (tertiary/aromatic N) is 3. The summed E-state index contributed by atoms with van der Waals surface area (Å²) < 4.78 is 48.8. The zero-order valence-corrected chi connectivity index (χ0v) is 20.2. The second-order valence-corrected chi connectivity index (χ2v) is 11.4. The van der Waals surface area contributed by atoms with Crippen LogP contribution in [-0.4, -0.2) is 53.4 Å². The van der Waals surface area contributed by atoms with Crippen LogP contribution in [0.2, 0.25) is 0 Å². The van der Waals surface area contributed by atoms with Crippen LogP contribution in [0.5, 0.6) is 0 Å². The standard InChI is InChI=1S/C24H29N3O4S2/c28-33(29,22-8-4-7-21-23(22)26-32-25-21)27-13-11-24(12-14-27)17-19(10-16-31-24)9-15-30-18-20-5-2-1-3-6-20/h1-8,19H,9-18H2. The van der Waals surface area contributed by atoms with Gasteiger partial charge in [0.15, 0.2) is 0 Å². The molecule has 1 spiro atoms. The van der Waals surface area contributed by atoms with Crippen molar-refractivity contribution in [3.05, 3.63) is 54.1 Å². The molecule has 0 saturated carbocycles. The highest BCUT2D eigenvalue weighted by molar-refractivity contribution is 7.89. The Morgan fingerprint density at radius 3 is 2.73 bits per heavy atom. The fraction of sp³-hybridized carbons (Fsp3) is 0.500. The van der Waals surface area contributed by atoms with Crippen molar-refractivity contribution in [1.82, 2.24) is 13.1 Å². The second kappa shape index (κ2) is 9.76. The highest BCUT2D eigenvalue weighted by Crippen LogP contribution is 2.40. The first kappa shape index (κ1) is 22.9. The maximum atomic E-state index is 13.3. The van der Waals surface area contributed by atoms with Crippen molar-refractivity contribution in [2.24, 2.45) is 5.92 Å². The number of fused-ring (bicyclic) bond motifs is 1. The molecular formula is C24H29N3O4S2. The monoisotopic (exact) mass is 487 g/mol. The molecule has 2 aliphatic rings. The summed E-state index contributed by atoms with van der Waals surface area (Å²) in [7, 11) is -3.61. The van der Waals surface area contributed by atoms with Crippen molar-refractivity contribution in [2.45, 2.75) is 49.2 Å². The van der Waals surface area contributed by atoms with Gasteiger partial charge in [0.05, 0.1) is 23.9 Å². The number of sulfonamides is 1. The summed E-state index contributed by atoms with van der Waals surface area (Å²) in [6, 6.07) is 15.4. The van der Waals surface area contributed by atoms with E-state index in [1.807, 2.05) is 18.2 Å². The summed E-state index contributed by atoms with van der Waals surface area (Å²) in [5, 5.41) is 0. The van der Waals surface area contributed by atoms with Gasteiger partial charge in [-0.3, -0.25) is 0 Å². The molecule has 176 valence electrons. The van der Waals surface area contributed by atoms with Crippen LogP contribution >= 0.6 is 11.7 Å². The molecule has 2 aliphatic heterocycles. The van der Waals surface area contributed by atoms with E-state index in [0.29, 0.717) is 36.6 Å². The molecule has 5 rings (SSSR count). The molecule has 7 nitrogen and oxygen atoms in total. The van der Waals surface area contributed by atoms with Gasteiger partial charge in [-0.25, -0.2) is 8.42 Å². The average molecular weight is 488 g/mol. The topological polar surface area (TPSA) is 81.6 Å². The van der Waals surface area contributed by atoms with Crippen LogP contribution in [0.25, 0.3) is 11.0 Å². The Balaban J connectivity index is 1.16. The maximum Gasteiger partial charge on any atom is 0.245 e. The van der Waals surface area contributed by atoms with Crippen LogP contribution < -0.4 is 0 Å². The van der Waals surface area contributed by atoms with Gasteiger partial charge in [0.1, 0.15) is 15.9 Å². The first-order chi connectivity index (χ1) is 16.1. The third kappa shape index (κ3) is 4.97. The largest absolute Gasteiger partial charge is 0.377 e. The van der Waals surface area contributed by atoms with Gasteiger partial charge in [-0.2, -0.15) is 13.1 Å². The molecule has 33 heavy (non-hydrogen) atoms. The van der Waals surface area contributed by atoms with E-state index in [4.69, 9.17) is 9.47 Å². The molecule has 0 radical (unpaired) electrons. The lowest BCUT2D eigenvalue weighted by Gasteiger charge is -2.46. The minimum Gasteiger partial charge on any atom is -0.377 e. The van der Waals surface area contributed by atoms with E-state index in [2.05, 4.69) is 20.9 Å². The number of aromatic nitrogens is 2. The molecule has 1 atom stereocenters. The predicted octanol–water partition coefficient (Wildman–Crippen LogP) is 4.25. The SMILES string of the molecule is O=S(=O)(c1cccc2nsnc12)N1CCC2(CC1)CC(CCOCc1ccccc1)CCO2. The minimum absolute atomic E-state index is 0.220. The zero-order chi connectivity index (χ0) is 22.7. The first-order valence-electron chi connectivity index (χ1n) is 11.5. The van der Waals surface area contributed by atoms with Gasteiger partial charge in [0, 0.05) is 26.3 Å². The van der Waals surface area contributed by atoms with E-state index in [9.17, 15) is 8.42 Å². The van der Waals surface area contributed by atoms with Gasteiger partial charge in [-0.15, -0.1) is 0 Å². The van der Waals surface area contributed by atoms with Gasteiger partial charge in [-0.05, 0) is 55.7 Å².